The van der Waals surface area contributed by atoms with Crippen LogP contribution in [0, 0.1) is 26.1 Å². The first kappa shape index (κ1) is 22.7. The molecule has 12 heteroatoms. The van der Waals surface area contributed by atoms with Crippen LogP contribution in [0.4, 0.5) is 22.7 Å². The summed E-state index contributed by atoms with van der Waals surface area (Å²) in [5.74, 6) is -2.21. The van der Waals surface area contributed by atoms with Gasteiger partial charge in [0.05, 0.1) is 28.4 Å². The Balaban J connectivity index is 1.64. The highest BCUT2D eigenvalue weighted by atomic mass is 16.6. The van der Waals surface area contributed by atoms with Crippen molar-refractivity contribution in [2.45, 2.75) is 6.04 Å². The summed E-state index contributed by atoms with van der Waals surface area (Å²) >= 11 is 0. The molecule has 0 saturated carbocycles. The van der Waals surface area contributed by atoms with Crippen molar-refractivity contribution in [2.24, 2.45) is 11.0 Å². The summed E-state index contributed by atoms with van der Waals surface area (Å²) in [6, 6.07) is 16.9. The molecule has 2 amide bonds. The number of imide groups is 1. The van der Waals surface area contributed by atoms with Gasteiger partial charge in [0.15, 0.2) is 0 Å². The van der Waals surface area contributed by atoms with E-state index in [4.69, 9.17) is 4.74 Å². The lowest BCUT2D eigenvalue weighted by Crippen LogP contribution is -2.39. The normalized spacial score (nSPS) is 18.8. The Labute approximate surface area is 203 Å². The molecule has 0 unspecified atom stereocenters. The van der Waals surface area contributed by atoms with Crippen molar-refractivity contribution in [1.29, 1.82) is 0 Å². The molecule has 0 bridgehead atoms. The molecular formula is C24H17N5O7. The Morgan fingerprint density at radius 2 is 1.50 bits per heavy atom. The quantitative estimate of drug-likeness (QED) is 0.292. The minimum absolute atomic E-state index is 0.0489. The number of carbonyl (C=O) groups is 2. The first-order valence-corrected chi connectivity index (χ1v) is 10.7. The molecule has 0 N–H and O–H groups in total. The number of nitro benzene ring substituents is 2. The number of hydrogen-bond acceptors (Lipinski definition) is 9. The molecule has 0 spiro atoms. The van der Waals surface area contributed by atoms with Gasteiger partial charge in [-0.05, 0) is 35.9 Å². The molecule has 3 aromatic rings. The number of fused-ring (bicyclic) bond motifs is 1. The molecule has 12 nitrogen and oxygen atoms in total. The lowest BCUT2D eigenvalue weighted by molar-refractivity contribution is -0.385. The average molecular weight is 487 g/mol. The maximum Gasteiger partial charge on any atom is 0.271 e. The molecular weight excluding hydrogens is 470 g/mol. The van der Waals surface area contributed by atoms with Gasteiger partial charge >= 0.3 is 0 Å². The maximum atomic E-state index is 13.7. The SMILES string of the molecule is COc1ccc([N+](=O)[O-])cc1N1C(=O)[C@H]2C(c3ccc([N+](=O)[O-])cc3)=NN(c3ccccc3)[C@@H]2C1=O. The van der Waals surface area contributed by atoms with E-state index in [1.54, 1.807) is 30.3 Å². The third kappa shape index (κ3) is 3.52. The van der Waals surface area contributed by atoms with Gasteiger partial charge in [-0.3, -0.25) is 34.8 Å². The summed E-state index contributed by atoms with van der Waals surface area (Å²) in [5.41, 5.74) is 0.746. The van der Waals surface area contributed by atoms with Gasteiger partial charge in [0.25, 0.3) is 17.3 Å². The topological polar surface area (TPSA) is 148 Å². The number of nitro groups is 2. The Kier molecular flexibility index (Phi) is 5.40. The van der Waals surface area contributed by atoms with Crippen LogP contribution in [0.15, 0.2) is 77.9 Å². The van der Waals surface area contributed by atoms with E-state index in [9.17, 15) is 29.8 Å². The van der Waals surface area contributed by atoms with Crippen LogP contribution in [-0.4, -0.2) is 40.5 Å². The van der Waals surface area contributed by atoms with Crippen molar-refractivity contribution in [3.63, 3.8) is 0 Å². The van der Waals surface area contributed by atoms with Crippen LogP contribution < -0.4 is 14.6 Å². The highest BCUT2D eigenvalue weighted by molar-refractivity contribution is 6.34. The second-order valence-corrected chi connectivity index (χ2v) is 8.02. The number of benzene rings is 3. The Morgan fingerprint density at radius 3 is 2.11 bits per heavy atom. The van der Waals surface area contributed by atoms with Crippen LogP contribution in [0.3, 0.4) is 0 Å². The number of ether oxygens (including phenoxy) is 1. The number of para-hydroxylation sites is 1. The molecule has 3 aromatic carbocycles. The van der Waals surface area contributed by atoms with Gasteiger partial charge in [-0.15, -0.1) is 0 Å². The molecule has 5 rings (SSSR count). The van der Waals surface area contributed by atoms with Crippen LogP contribution in [-0.2, 0) is 9.59 Å². The van der Waals surface area contributed by atoms with E-state index < -0.39 is 33.6 Å². The standard InChI is InChI=1S/C24H17N5O7/c1-36-19-12-11-17(29(34)35)13-18(19)26-23(30)20-21(14-7-9-16(10-8-14)28(32)33)25-27(22(20)24(26)31)15-5-3-2-4-6-15/h2-13,20,22H,1H3/t20-,22-/m0/s1. The van der Waals surface area contributed by atoms with Crippen molar-refractivity contribution < 1.29 is 24.2 Å². The number of non-ortho nitro benzene ring substituents is 2. The van der Waals surface area contributed by atoms with E-state index in [-0.39, 0.29) is 28.5 Å². The lowest BCUT2D eigenvalue weighted by atomic mass is 9.92. The molecule has 0 aliphatic carbocycles. The van der Waals surface area contributed by atoms with Crippen LogP contribution in [0.5, 0.6) is 5.75 Å². The van der Waals surface area contributed by atoms with Gasteiger partial charge in [-0.25, -0.2) is 4.90 Å². The molecule has 1 fully saturated rings. The number of hydrogen-bond donors (Lipinski definition) is 0. The van der Waals surface area contributed by atoms with E-state index in [0.29, 0.717) is 11.3 Å². The fourth-order valence-corrected chi connectivity index (χ4v) is 4.40. The molecule has 2 heterocycles. The van der Waals surface area contributed by atoms with Gasteiger partial charge in [0.2, 0.25) is 5.91 Å². The average Bonchev–Trinajstić information content (AvgIpc) is 3.40. The van der Waals surface area contributed by atoms with Gasteiger partial charge in [-0.1, -0.05) is 18.2 Å². The maximum absolute atomic E-state index is 13.7. The van der Waals surface area contributed by atoms with Crippen LogP contribution in [0.25, 0.3) is 0 Å². The summed E-state index contributed by atoms with van der Waals surface area (Å²) in [4.78, 5) is 49.7. The lowest BCUT2D eigenvalue weighted by Gasteiger charge is -2.22. The third-order valence-corrected chi connectivity index (χ3v) is 6.06. The van der Waals surface area contributed by atoms with Crippen molar-refractivity contribution in [3.05, 3.63) is 98.6 Å². The summed E-state index contributed by atoms with van der Waals surface area (Å²) < 4.78 is 5.29. The first-order chi connectivity index (χ1) is 17.3. The summed E-state index contributed by atoms with van der Waals surface area (Å²) in [6.07, 6.45) is 0. The number of anilines is 2. The molecule has 2 aliphatic heterocycles. The molecule has 0 aromatic heterocycles. The van der Waals surface area contributed by atoms with E-state index in [2.05, 4.69) is 5.10 Å². The van der Waals surface area contributed by atoms with Gasteiger partial charge in [-0.2, -0.15) is 5.10 Å². The molecule has 2 aliphatic rings. The van der Waals surface area contributed by atoms with E-state index in [0.717, 1.165) is 11.0 Å². The van der Waals surface area contributed by atoms with E-state index in [1.807, 2.05) is 0 Å². The number of hydrazone groups is 1. The fourth-order valence-electron chi connectivity index (χ4n) is 4.40. The molecule has 2 atom stereocenters. The highest BCUT2D eigenvalue weighted by Gasteiger charge is 2.58. The first-order valence-electron chi connectivity index (χ1n) is 10.7. The largest absolute Gasteiger partial charge is 0.495 e. The smallest absolute Gasteiger partial charge is 0.271 e. The molecule has 1 saturated heterocycles. The summed E-state index contributed by atoms with van der Waals surface area (Å²) in [7, 11) is 1.33. The second kappa shape index (κ2) is 8.58. The minimum Gasteiger partial charge on any atom is -0.495 e. The predicted octanol–water partition coefficient (Wildman–Crippen LogP) is 3.29. The summed E-state index contributed by atoms with van der Waals surface area (Å²) in [5, 5.41) is 28.5. The fraction of sp³-hybridized carbons (Fsp3) is 0.125. The zero-order chi connectivity index (χ0) is 25.6. The van der Waals surface area contributed by atoms with E-state index >= 15 is 0 Å². The number of amides is 2. The predicted molar refractivity (Wildman–Crippen MR) is 128 cm³/mol. The molecule has 0 radical (unpaired) electrons. The van der Waals surface area contributed by atoms with Crippen molar-refractivity contribution in [2.75, 3.05) is 17.0 Å². The summed E-state index contributed by atoms with van der Waals surface area (Å²) in [6.45, 7) is 0. The van der Waals surface area contributed by atoms with Crippen LogP contribution >= 0.6 is 0 Å². The van der Waals surface area contributed by atoms with Crippen molar-refractivity contribution in [1.82, 2.24) is 0 Å². The molecule has 180 valence electrons. The monoisotopic (exact) mass is 487 g/mol. The van der Waals surface area contributed by atoms with Gasteiger partial charge in [0, 0.05) is 24.3 Å². The minimum atomic E-state index is -1.06. The zero-order valence-corrected chi connectivity index (χ0v) is 18.7. The zero-order valence-electron chi connectivity index (χ0n) is 18.7. The van der Waals surface area contributed by atoms with Crippen LogP contribution in [0.2, 0.25) is 0 Å². The number of rotatable bonds is 6. The van der Waals surface area contributed by atoms with Crippen molar-refractivity contribution >= 4 is 40.3 Å². The van der Waals surface area contributed by atoms with Gasteiger partial charge in [0.1, 0.15) is 23.4 Å². The second-order valence-electron chi connectivity index (χ2n) is 8.02. The Hall–Kier alpha value is -5.13. The molecule has 36 heavy (non-hydrogen) atoms. The van der Waals surface area contributed by atoms with E-state index in [1.165, 1.54) is 48.5 Å². The Bertz CT molecular complexity index is 1440. The highest BCUT2D eigenvalue weighted by Crippen LogP contribution is 2.42. The van der Waals surface area contributed by atoms with Gasteiger partial charge < -0.3 is 4.74 Å². The number of methoxy groups -OCH3 is 1. The Morgan fingerprint density at radius 1 is 0.861 bits per heavy atom. The van der Waals surface area contributed by atoms with Crippen molar-refractivity contribution in [3.8, 4) is 5.75 Å². The third-order valence-electron chi connectivity index (χ3n) is 6.06. The number of carbonyl (C=O) groups excluding carboxylic acids is 2. The van der Waals surface area contributed by atoms with Crippen LogP contribution in [0.1, 0.15) is 5.56 Å². The number of nitrogens with zero attached hydrogens (tertiary/aromatic N) is 5.